The Morgan fingerprint density at radius 2 is 2.08 bits per heavy atom. The minimum absolute atomic E-state index is 0.837. The van der Waals surface area contributed by atoms with Gasteiger partial charge in [0.1, 0.15) is 0 Å². The molecule has 0 radical (unpaired) electrons. The summed E-state index contributed by atoms with van der Waals surface area (Å²) in [6.45, 7) is 5.33. The van der Waals surface area contributed by atoms with Gasteiger partial charge in [0, 0.05) is 13.7 Å². The average molecular weight is 171 g/mol. The maximum absolute atomic E-state index is 4.96. The summed E-state index contributed by atoms with van der Waals surface area (Å²) in [6.07, 6.45) is 4.25. The van der Waals surface area contributed by atoms with Crippen LogP contribution in [0.25, 0.3) is 0 Å². The zero-order valence-electron chi connectivity index (χ0n) is 8.31. The van der Waals surface area contributed by atoms with E-state index in [1.807, 2.05) is 0 Å². The van der Waals surface area contributed by atoms with Crippen molar-refractivity contribution < 1.29 is 4.74 Å². The van der Waals surface area contributed by atoms with Crippen LogP contribution in [0.1, 0.15) is 26.2 Å². The van der Waals surface area contributed by atoms with Crippen molar-refractivity contribution in [2.24, 2.45) is 11.8 Å². The van der Waals surface area contributed by atoms with Crippen LogP contribution in [-0.4, -0.2) is 26.8 Å². The largest absolute Gasteiger partial charge is 0.383 e. The van der Waals surface area contributed by atoms with Gasteiger partial charge in [0.15, 0.2) is 0 Å². The molecule has 1 aliphatic carbocycles. The van der Waals surface area contributed by atoms with Crippen LogP contribution in [0.4, 0.5) is 0 Å². The summed E-state index contributed by atoms with van der Waals surface area (Å²) < 4.78 is 4.96. The molecular formula is C10H21NO. The highest BCUT2D eigenvalue weighted by Crippen LogP contribution is 2.34. The molecule has 72 valence electrons. The molecule has 0 aliphatic heterocycles. The Balaban J connectivity index is 1.83. The SMILES string of the molecule is CCC1CC(CNCCOC)C1. The second-order valence-corrected chi connectivity index (χ2v) is 3.81. The molecule has 0 aromatic carbocycles. The van der Waals surface area contributed by atoms with Crippen LogP contribution in [0.5, 0.6) is 0 Å². The molecule has 0 saturated heterocycles. The first kappa shape index (κ1) is 10.0. The van der Waals surface area contributed by atoms with Crippen LogP contribution < -0.4 is 5.32 Å². The Morgan fingerprint density at radius 1 is 1.33 bits per heavy atom. The summed E-state index contributed by atoms with van der Waals surface area (Å²) in [7, 11) is 1.75. The summed E-state index contributed by atoms with van der Waals surface area (Å²) in [5.74, 6) is 1.98. The second kappa shape index (κ2) is 5.55. The molecule has 1 rings (SSSR count). The van der Waals surface area contributed by atoms with Crippen LogP contribution in [0.15, 0.2) is 0 Å². The van der Waals surface area contributed by atoms with E-state index in [-0.39, 0.29) is 0 Å². The Kier molecular flexibility index (Phi) is 4.62. The maximum atomic E-state index is 4.96. The molecule has 0 spiro atoms. The zero-order valence-corrected chi connectivity index (χ0v) is 8.31. The van der Waals surface area contributed by atoms with E-state index in [0.717, 1.165) is 25.0 Å². The lowest BCUT2D eigenvalue weighted by Gasteiger charge is -2.34. The third-order valence-electron chi connectivity index (χ3n) is 2.83. The Morgan fingerprint density at radius 3 is 2.67 bits per heavy atom. The van der Waals surface area contributed by atoms with Crippen molar-refractivity contribution in [1.82, 2.24) is 5.32 Å². The molecule has 0 unspecified atom stereocenters. The van der Waals surface area contributed by atoms with Gasteiger partial charge in [0.25, 0.3) is 0 Å². The van der Waals surface area contributed by atoms with Crippen molar-refractivity contribution >= 4 is 0 Å². The number of hydrogen-bond donors (Lipinski definition) is 1. The van der Waals surface area contributed by atoms with Crippen LogP contribution in [0.3, 0.4) is 0 Å². The fourth-order valence-electron chi connectivity index (χ4n) is 1.85. The average Bonchev–Trinajstić information content (AvgIpc) is 2.01. The predicted molar refractivity (Wildman–Crippen MR) is 51.3 cm³/mol. The van der Waals surface area contributed by atoms with E-state index in [4.69, 9.17) is 4.74 Å². The number of hydrogen-bond acceptors (Lipinski definition) is 2. The standard InChI is InChI=1S/C10H21NO/c1-3-9-6-10(7-9)8-11-4-5-12-2/h9-11H,3-8H2,1-2H3. The van der Waals surface area contributed by atoms with Gasteiger partial charge < -0.3 is 10.1 Å². The second-order valence-electron chi connectivity index (χ2n) is 3.81. The summed E-state index contributed by atoms with van der Waals surface area (Å²) in [4.78, 5) is 0. The van der Waals surface area contributed by atoms with Gasteiger partial charge in [-0.1, -0.05) is 13.3 Å². The fourth-order valence-corrected chi connectivity index (χ4v) is 1.85. The van der Waals surface area contributed by atoms with Crippen LogP contribution >= 0.6 is 0 Å². The van der Waals surface area contributed by atoms with Gasteiger partial charge >= 0.3 is 0 Å². The van der Waals surface area contributed by atoms with Crippen molar-refractivity contribution in [2.75, 3.05) is 26.8 Å². The lowest BCUT2D eigenvalue weighted by atomic mass is 9.73. The molecule has 0 atom stereocenters. The minimum atomic E-state index is 0.837. The molecule has 0 heterocycles. The third kappa shape index (κ3) is 3.11. The van der Waals surface area contributed by atoms with E-state index < -0.39 is 0 Å². The number of methoxy groups -OCH3 is 1. The van der Waals surface area contributed by atoms with E-state index >= 15 is 0 Å². The zero-order chi connectivity index (χ0) is 8.81. The molecule has 1 saturated carbocycles. The van der Waals surface area contributed by atoms with Crippen LogP contribution in [0, 0.1) is 11.8 Å². The van der Waals surface area contributed by atoms with E-state index in [0.29, 0.717) is 0 Å². The van der Waals surface area contributed by atoms with Crippen molar-refractivity contribution in [3.63, 3.8) is 0 Å². The number of rotatable bonds is 6. The summed E-state index contributed by atoms with van der Waals surface area (Å²) >= 11 is 0. The first-order valence-corrected chi connectivity index (χ1v) is 5.06. The number of nitrogens with one attached hydrogen (secondary N) is 1. The van der Waals surface area contributed by atoms with Crippen molar-refractivity contribution in [3.8, 4) is 0 Å². The Hall–Kier alpha value is -0.0800. The monoisotopic (exact) mass is 171 g/mol. The van der Waals surface area contributed by atoms with Crippen molar-refractivity contribution in [1.29, 1.82) is 0 Å². The molecule has 0 amide bonds. The topological polar surface area (TPSA) is 21.3 Å². The van der Waals surface area contributed by atoms with Crippen LogP contribution in [-0.2, 0) is 4.74 Å². The molecule has 1 fully saturated rings. The number of ether oxygens (including phenoxy) is 1. The quantitative estimate of drug-likeness (QED) is 0.614. The molecule has 0 bridgehead atoms. The highest BCUT2D eigenvalue weighted by Gasteiger charge is 2.26. The van der Waals surface area contributed by atoms with Gasteiger partial charge in [-0.05, 0) is 31.2 Å². The summed E-state index contributed by atoms with van der Waals surface area (Å²) in [6, 6.07) is 0. The molecule has 12 heavy (non-hydrogen) atoms. The maximum Gasteiger partial charge on any atom is 0.0587 e. The lowest BCUT2D eigenvalue weighted by Crippen LogP contribution is -2.34. The highest BCUT2D eigenvalue weighted by atomic mass is 16.5. The first-order valence-electron chi connectivity index (χ1n) is 5.06. The van der Waals surface area contributed by atoms with E-state index in [1.54, 1.807) is 7.11 Å². The summed E-state index contributed by atoms with van der Waals surface area (Å²) in [5, 5.41) is 3.41. The van der Waals surface area contributed by atoms with E-state index in [1.165, 1.54) is 25.8 Å². The Labute approximate surface area is 75.7 Å². The highest BCUT2D eigenvalue weighted by molar-refractivity contribution is 4.79. The van der Waals surface area contributed by atoms with Gasteiger partial charge in [0.05, 0.1) is 6.61 Å². The van der Waals surface area contributed by atoms with Gasteiger partial charge in [-0.25, -0.2) is 0 Å². The van der Waals surface area contributed by atoms with Crippen molar-refractivity contribution in [3.05, 3.63) is 0 Å². The van der Waals surface area contributed by atoms with E-state index in [2.05, 4.69) is 12.2 Å². The molecule has 1 N–H and O–H groups in total. The molecule has 2 heteroatoms. The normalized spacial score (nSPS) is 28.5. The third-order valence-corrected chi connectivity index (χ3v) is 2.83. The molecule has 0 aromatic rings. The fraction of sp³-hybridized carbons (Fsp3) is 1.00. The summed E-state index contributed by atoms with van der Waals surface area (Å²) in [5.41, 5.74) is 0. The van der Waals surface area contributed by atoms with Gasteiger partial charge in [-0.3, -0.25) is 0 Å². The van der Waals surface area contributed by atoms with Crippen molar-refractivity contribution in [2.45, 2.75) is 26.2 Å². The smallest absolute Gasteiger partial charge is 0.0587 e. The molecular weight excluding hydrogens is 150 g/mol. The molecule has 0 aromatic heterocycles. The van der Waals surface area contributed by atoms with E-state index in [9.17, 15) is 0 Å². The van der Waals surface area contributed by atoms with Gasteiger partial charge in [0.2, 0.25) is 0 Å². The molecule has 2 nitrogen and oxygen atoms in total. The molecule has 1 aliphatic rings. The minimum Gasteiger partial charge on any atom is -0.383 e. The van der Waals surface area contributed by atoms with Crippen LogP contribution in [0.2, 0.25) is 0 Å². The first-order chi connectivity index (χ1) is 5.86. The Bertz CT molecular complexity index is 110. The predicted octanol–water partition coefficient (Wildman–Crippen LogP) is 1.66. The lowest BCUT2D eigenvalue weighted by molar-refractivity contribution is 0.168. The van der Waals surface area contributed by atoms with Gasteiger partial charge in [-0.15, -0.1) is 0 Å². The van der Waals surface area contributed by atoms with Gasteiger partial charge in [-0.2, -0.15) is 0 Å².